The molecule has 0 aromatic rings. The number of piperidine rings is 1. The molecular weight excluding hydrogens is 234 g/mol. The minimum absolute atomic E-state index is 0.124. The monoisotopic (exact) mass is 253 g/mol. The third-order valence-corrected chi connectivity index (χ3v) is 4.18. The minimum Gasteiger partial charge on any atom is -0.467 e. The largest absolute Gasteiger partial charge is 0.467 e. The highest BCUT2D eigenvalue weighted by Crippen LogP contribution is 2.47. The van der Waals surface area contributed by atoms with Crippen molar-refractivity contribution in [2.45, 2.75) is 51.5 Å². The van der Waals surface area contributed by atoms with E-state index in [4.69, 9.17) is 0 Å². The lowest BCUT2D eigenvalue weighted by molar-refractivity contribution is -0.164. The average molecular weight is 253 g/mol. The number of ether oxygens (including phenoxy) is 1. The number of carbonyl (C=O) groups excluding carboxylic acids is 3. The number of methoxy groups -OCH3 is 1. The Bertz CT molecular complexity index is 364. The molecular formula is C13H19NO4. The number of rotatable bonds is 2. The second kappa shape index (κ2) is 4.71. The number of carbonyl (C=O) groups is 3. The van der Waals surface area contributed by atoms with Gasteiger partial charge in [0.05, 0.1) is 7.11 Å². The van der Waals surface area contributed by atoms with Gasteiger partial charge in [0.15, 0.2) is 0 Å². The fourth-order valence-electron chi connectivity index (χ4n) is 3.20. The molecule has 2 fully saturated rings. The molecule has 5 heteroatoms. The highest BCUT2D eigenvalue weighted by molar-refractivity contribution is 6.02. The van der Waals surface area contributed by atoms with Crippen molar-refractivity contribution >= 4 is 17.8 Å². The molecule has 0 aromatic carbocycles. The molecule has 0 bridgehead atoms. The zero-order valence-electron chi connectivity index (χ0n) is 10.9. The van der Waals surface area contributed by atoms with E-state index in [1.165, 1.54) is 14.0 Å². The summed E-state index contributed by atoms with van der Waals surface area (Å²) < 4.78 is 4.59. The van der Waals surface area contributed by atoms with Crippen molar-refractivity contribution in [2.24, 2.45) is 5.41 Å². The Morgan fingerprint density at radius 2 is 1.72 bits per heavy atom. The van der Waals surface area contributed by atoms with Crippen LogP contribution in [-0.2, 0) is 19.1 Å². The SMILES string of the molecule is COC(=O)C(C)N1C(=O)CC2(CCCC2)CC1=O. The van der Waals surface area contributed by atoms with E-state index in [9.17, 15) is 14.4 Å². The molecule has 1 aliphatic heterocycles. The van der Waals surface area contributed by atoms with Gasteiger partial charge < -0.3 is 4.74 Å². The summed E-state index contributed by atoms with van der Waals surface area (Å²) in [5, 5.41) is 0. The first-order chi connectivity index (χ1) is 8.49. The number of nitrogens with zero attached hydrogens (tertiary/aromatic N) is 1. The van der Waals surface area contributed by atoms with Gasteiger partial charge in [-0.3, -0.25) is 14.5 Å². The third-order valence-electron chi connectivity index (χ3n) is 4.18. The molecule has 0 radical (unpaired) electrons. The Labute approximate surface area is 106 Å². The molecule has 0 N–H and O–H groups in total. The molecule has 2 amide bonds. The summed E-state index contributed by atoms with van der Waals surface area (Å²) >= 11 is 0. The molecule has 1 unspecified atom stereocenters. The number of hydrogen-bond donors (Lipinski definition) is 0. The molecule has 18 heavy (non-hydrogen) atoms. The summed E-state index contributed by atoms with van der Waals surface area (Å²) in [6.45, 7) is 1.54. The van der Waals surface area contributed by atoms with Gasteiger partial charge in [-0.2, -0.15) is 0 Å². The summed E-state index contributed by atoms with van der Waals surface area (Å²) in [5.74, 6) is -1.00. The second-order valence-corrected chi connectivity index (χ2v) is 5.42. The second-order valence-electron chi connectivity index (χ2n) is 5.42. The Kier molecular flexibility index (Phi) is 3.41. The molecule has 1 atom stereocenters. The van der Waals surface area contributed by atoms with Gasteiger partial charge in [0, 0.05) is 12.8 Å². The predicted octanol–water partition coefficient (Wildman–Crippen LogP) is 1.26. The summed E-state index contributed by atoms with van der Waals surface area (Å²) in [6.07, 6.45) is 4.86. The minimum atomic E-state index is -0.811. The smallest absolute Gasteiger partial charge is 0.328 e. The van der Waals surface area contributed by atoms with Crippen LogP contribution in [0.3, 0.4) is 0 Å². The maximum absolute atomic E-state index is 12.1. The maximum Gasteiger partial charge on any atom is 0.328 e. The molecule has 0 aromatic heterocycles. The van der Waals surface area contributed by atoms with Crippen molar-refractivity contribution in [1.82, 2.24) is 4.90 Å². The maximum atomic E-state index is 12.1. The standard InChI is InChI=1S/C13H19NO4/c1-9(12(17)18-2)14-10(15)7-13(8-11(14)16)5-3-4-6-13/h9H,3-8H2,1-2H3. The van der Waals surface area contributed by atoms with Gasteiger partial charge in [0.2, 0.25) is 11.8 Å². The Hall–Kier alpha value is -1.39. The van der Waals surface area contributed by atoms with Crippen molar-refractivity contribution in [2.75, 3.05) is 7.11 Å². The van der Waals surface area contributed by atoms with Gasteiger partial charge >= 0.3 is 5.97 Å². The van der Waals surface area contributed by atoms with Crippen LogP contribution in [0.2, 0.25) is 0 Å². The Balaban J connectivity index is 2.14. The van der Waals surface area contributed by atoms with Crippen LogP contribution in [0.15, 0.2) is 0 Å². The Morgan fingerprint density at radius 3 is 2.17 bits per heavy atom. The van der Waals surface area contributed by atoms with Crippen molar-refractivity contribution in [3.63, 3.8) is 0 Å². The van der Waals surface area contributed by atoms with E-state index in [1.807, 2.05) is 0 Å². The molecule has 2 rings (SSSR count). The highest BCUT2D eigenvalue weighted by atomic mass is 16.5. The molecule has 5 nitrogen and oxygen atoms in total. The van der Waals surface area contributed by atoms with Crippen LogP contribution >= 0.6 is 0 Å². The molecule has 1 heterocycles. The van der Waals surface area contributed by atoms with Crippen molar-refractivity contribution in [3.05, 3.63) is 0 Å². The lowest BCUT2D eigenvalue weighted by Gasteiger charge is -2.38. The van der Waals surface area contributed by atoms with Gasteiger partial charge in [-0.05, 0) is 25.2 Å². The molecule has 1 saturated carbocycles. The number of esters is 1. The molecule has 2 aliphatic rings. The van der Waals surface area contributed by atoms with Gasteiger partial charge in [-0.1, -0.05) is 12.8 Å². The van der Waals surface area contributed by atoms with Crippen LogP contribution in [-0.4, -0.2) is 35.8 Å². The topological polar surface area (TPSA) is 63.7 Å². The summed E-state index contributed by atoms with van der Waals surface area (Å²) in [5.41, 5.74) is -0.124. The van der Waals surface area contributed by atoms with Crippen LogP contribution in [0.4, 0.5) is 0 Å². The summed E-state index contributed by atoms with van der Waals surface area (Å²) in [6, 6.07) is -0.811. The van der Waals surface area contributed by atoms with Gasteiger partial charge in [0.1, 0.15) is 6.04 Å². The lowest BCUT2D eigenvalue weighted by Crippen LogP contribution is -2.53. The van der Waals surface area contributed by atoms with E-state index in [1.54, 1.807) is 0 Å². The highest BCUT2D eigenvalue weighted by Gasteiger charge is 2.47. The zero-order valence-corrected chi connectivity index (χ0v) is 10.9. The van der Waals surface area contributed by atoms with Crippen LogP contribution in [0, 0.1) is 5.41 Å². The third kappa shape index (κ3) is 2.13. The van der Waals surface area contributed by atoms with Crippen LogP contribution in [0.1, 0.15) is 45.4 Å². The van der Waals surface area contributed by atoms with E-state index >= 15 is 0 Å². The van der Waals surface area contributed by atoms with E-state index in [0.717, 1.165) is 30.6 Å². The number of hydrogen-bond acceptors (Lipinski definition) is 4. The quantitative estimate of drug-likeness (QED) is 0.549. The first-order valence-corrected chi connectivity index (χ1v) is 6.42. The van der Waals surface area contributed by atoms with Crippen LogP contribution in [0.5, 0.6) is 0 Å². The van der Waals surface area contributed by atoms with Gasteiger partial charge in [0.25, 0.3) is 0 Å². The molecule has 1 aliphatic carbocycles. The molecule has 1 saturated heterocycles. The van der Waals surface area contributed by atoms with Crippen molar-refractivity contribution in [3.8, 4) is 0 Å². The number of imide groups is 1. The Morgan fingerprint density at radius 1 is 1.22 bits per heavy atom. The molecule has 100 valence electrons. The van der Waals surface area contributed by atoms with E-state index in [2.05, 4.69) is 4.74 Å². The first kappa shape index (κ1) is 13.1. The van der Waals surface area contributed by atoms with Crippen LogP contribution in [0.25, 0.3) is 0 Å². The van der Waals surface area contributed by atoms with Crippen LogP contribution < -0.4 is 0 Å². The van der Waals surface area contributed by atoms with Gasteiger partial charge in [-0.15, -0.1) is 0 Å². The molecule has 1 spiro atoms. The number of likely N-dealkylation sites (tertiary alicyclic amines) is 1. The van der Waals surface area contributed by atoms with E-state index in [-0.39, 0.29) is 17.2 Å². The fraction of sp³-hybridized carbons (Fsp3) is 0.769. The lowest BCUT2D eigenvalue weighted by atomic mass is 9.76. The van der Waals surface area contributed by atoms with E-state index in [0.29, 0.717) is 12.8 Å². The normalized spacial score (nSPS) is 24.4. The first-order valence-electron chi connectivity index (χ1n) is 6.42. The number of amides is 2. The van der Waals surface area contributed by atoms with Crippen molar-refractivity contribution < 1.29 is 19.1 Å². The zero-order chi connectivity index (χ0) is 13.3. The predicted molar refractivity (Wildman–Crippen MR) is 63.5 cm³/mol. The van der Waals surface area contributed by atoms with E-state index < -0.39 is 12.0 Å². The van der Waals surface area contributed by atoms with Crippen molar-refractivity contribution in [1.29, 1.82) is 0 Å². The average Bonchev–Trinajstić information content (AvgIpc) is 2.74. The fourth-order valence-corrected chi connectivity index (χ4v) is 3.20. The summed E-state index contributed by atoms with van der Waals surface area (Å²) in [4.78, 5) is 36.8. The van der Waals surface area contributed by atoms with Gasteiger partial charge in [-0.25, -0.2) is 4.79 Å². The summed E-state index contributed by atoms with van der Waals surface area (Å²) in [7, 11) is 1.26.